The maximum absolute atomic E-state index is 14.2. The van der Waals surface area contributed by atoms with Crippen molar-refractivity contribution in [3.63, 3.8) is 0 Å². The van der Waals surface area contributed by atoms with E-state index in [4.69, 9.17) is 9.47 Å². The second kappa shape index (κ2) is 13.5. The molecule has 10 nitrogen and oxygen atoms in total. The van der Waals surface area contributed by atoms with Gasteiger partial charge >= 0.3 is 17.0 Å². The predicted octanol–water partition coefficient (Wildman–Crippen LogP) is 7.09. The van der Waals surface area contributed by atoms with Crippen LogP contribution in [0.4, 0.5) is 24.5 Å². The van der Waals surface area contributed by atoms with E-state index in [9.17, 15) is 37.1 Å². The molecule has 1 saturated heterocycles. The van der Waals surface area contributed by atoms with E-state index in [0.29, 0.717) is 38.5 Å². The molecule has 0 spiro atoms. The molecule has 4 unspecified atom stereocenters. The quantitative estimate of drug-likeness (QED) is 0.142. The number of alkyl halides is 3. The molecule has 2 aliphatic carbocycles. The molecule has 7 atom stereocenters. The maximum atomic E-state index is 14.2. The van der Waals surface area contributed by atoms with E-state index in [1.165, 1.54) is 40.9 Å². The number of carbonyl (C=O) groups excluding carboxylic acids is 4. The number of ether oxygens (including phenoxy) is 2. The third kappa shape index (κ3) is 6.17. The van der Waals surface area contributed by atoms with Gasteiger partial charge in [0.25, 0.3) is 5.91 Å². The molecule has 2 aliphatic heterocycles. The number of amides is 3. The number of esters is 1. The van der Waals surface area contributed by atoms with E-state index >= 15 is 0 Å². The molecule has 3 amide bonds. The van der Waals surface area contributed by atoms with Crippen molar-refractivity contribution < 1.29 is 41.8 Å². The summed E-state index contributed by atoms with van der Waals surface area (Å²) < 4.78 is 51.5. The van der Waals surface area contributed by atoms with Crippen LogP contribution in [0.1, 0.15) is 45.6 Å². The highest BCUT2D eigenvalue weighted by molar-refractivity contribution is 9.10. The number of rotatable bonds is 8. The van der Waals surface area contributed by atoms with E-state index < -0.39 is 48.0 Å². The third-order valence-corrected chi connectivity index (χ3v) is 13.6. The third-order valence-electron chi connectivity index (χ3n) is 10.5. The van der Waals surface area contributed by atoms with Gasteiger partial charge in [-0.1, -0.05) is 33.3 Å². The maximum Gasteiger partial charge on any atom is 0.416 e. The van der Waals surface area contributed by atoms with Crippen molar-refractivity contribution in [2.45, 2.75) is 35.7 Å². The Bertz CT molecular complexity index is 2230. The number of fused-ring (bicyclic) bond motifs is 9. The average Bonchev–Trinajstić information content (AvgIpc) is 3.86. The van der Waals surface area contributed by atoms with Gasteiger partial charge in [-0.2, -0.15) is 13.2 Å². The Kier molecular flexibility index (Phi) is 9.05. The van der Waals surface area contributed by atoms with Gasteiger partial charge in [0.15, 0.2) is 6.61 Å². The molecule has 274 valence electrons. The predicted molar refractivity (Wildman–Crippen MR) is 193 cm³/mol. The molecule has 3 fully saturated rings. The van der Waals surface area contributed by atoms with E-state index in [0.717, 1.165) is 28.3 Å². The van der Waals surface area contributed by atoms with Crippen molar-refractivity contribution in [3.8, 4) is 5.75 Å². The standard InChI is InChI=1S/C37H29BrF3N3O7S2/c1-2-50-35(48)16-6-9-20(10-7-16)44-33(46)28-22-14-23(29(28)34(44)47)30-27(22)26(31-32(52-30)43-36(49)53-31)21-13-18(38)8-11-24(21)51-15-25(45)42-19-5-3-4-17(12-19)37(39,40)41/h3-13,22-23,26-30H,2,14-15H2,1H3,(H,42,45)(H,43,49)/t22-,23-,26-,27?,28?,29?,30?/m1/s1. The number of anilines is 2. The molecule has 2 saturated carbocycles. The number of aromatic amines is 1. The van der Waals surface area contributed by atoms with Gasteiger partial charge in [-0.3, -0.25) is 24.1 Å². The van der Waals surface area contributed by atoms with E-state index in [2.05, 4.69) is 26.2 Å². The van der Waals surface area contributed by atoms with Gasteiger partial charge in [-0.25, -0.2) is 4.79 Å². The summed E-state index contributed by atoms with van der Waals surface area (Å²) in [5, 5.41) is 3.03. The SMILES string of the molecule is CCOC(=O)c1ccc(N2C(=O)C3C(C2=O)[C@@H]2C[C@H]3C3Sc4[nH]c(=O)sc4[C@H](c4cc(Br)ccc4OCC(=O)Nc4cccc(C(F)(F)F)c4)C32)cc1. The molecular weight excluding hydrogens is 799 g/mol. The summed E-state index contributed by atoms with van der Waals surface area (Å²) in [4.78, 5) is 70.9. The second-order valence-corrected chi connectivity index (χ2v) is 16.5. The lowest BCUT2D eigenvalue weighted by atomic mass is 9.68. The number of hydrogen-bond donors (Lipinski definition) is 2. The van der Waals surface area contributed by atoms with Crippen LogP contribution in [0.15, 0.2) is 81.0 Å². The van der Waals surface area contributed by atoms with Crippen molar-refractivity contribution in [1.29, 1.82) is 0 Å². The highest BCUT2D eigenvalue weighted by atomic mass is 79.9. The summed E-state index contributed by atoms with van der Waals surface area (Å²) in [6, 6.07) is 15.8. The van der Waals surface area contributed by atoms with Gasteiger partial charge in [0, 0.05) is 31.8 Å². The zero-order chi connectivity index (χ0) is 37.3. The Balaban J connectivity index is 1.09. The Hall–Kier alpha value is -4.41. The van der Waals surface area contributed by atoms with Crippen LogP contribution in [0.5, 0.6) is 5.75 Å². The fourth-order valence-electron chi connectivity index (χ4n) is 8.59. The Morgan fingerprint density at radius 3 is 2.45 bits per heavy atom. The first kappa shape index (κ1) is 35.6. The van der Waals surface area contributed by atoms with Crippen LogP contribution < -0.4 is 19.8 Å². The molecule has 2 bridgehead atoms. The van der Waals surface area contributed by atoms with Crippen LogP contribution in [0.25, 0.3) is 0 Å². The number of thiazole rings is 1. The van der Waals surface area contributed by atoms with Gasteiger partial charge in [-0.05, 0) is 91.8 Å². The number of carbonyl (C=O) groups is 4. The molecule has 0 radical (unpaired) electrons. The zero-order valence-corrected chi connectivity index (χ0v) is 30.9. The lowest BCUT2D eigenvalue weighted by molar-refractivity contribution is -0.137. The van der Waals surface area contributed by atoms with Crippen LogP contribution in [-0.4, -0.2) is 47.1 Å². The fourth-order valence-corrected chi connectivity index (χ4v) is 11.8. The van der Waals surface area contributed by atoms with E-state index in [1.807, 2.05) is 6.07 Å². The first-order chi connectivity index (χ1) is 25.3. The van der Waals surface area contributed by atoms with Crippen LogP contribution in [0.3, 0.4) is 0 Å². The summed E-state index contributed by atoms with van der Waals surface area (Å²) in [5.41, 5.74) is 0.423. The van der Waals surface area contributed by atoms with Gasteiger partial charge in [0.2, 0.25) is 11.8 Å². The van der Waals surface area contributed by atoms with Crippen molar-refractivity contribution in [2.24, 2.45) is 29.6 Å². The number of H-pyrrole nitrogens is 1. The van der Waals surface area contributed by atoms with Gasteiger partial charge < -0.3 is 19.8 Å². The smallest absolute Gasteiger partial charge is 0.416 e. The van der Waals surface area contributed by atoms with Gasteiger partial charge in [0.1, 0.15) is 5.75 Å². The second-order valence-electron chi connectivity index (χ2n) is 13.3. The van der Waals surface area contributed by atoms with Crippen molar-refractivity contribution >= 4 is 74.1 Å². The van der Waals surface area contributed by atoms with Gasteiger partial charge in [0.05, 0.1) is 40.3 Å². The fraction of sp³-hybridized carbons (Fsp3) is 0.324. The van der Waals surface area contributed by atoms with Crippen molar-refractivity contribution in [3.05, 3.63) is 102 Å². The van der Waals surface area contributed by atoms with E-state index in [1.54, 1.807) is 31.2 Å². The first-order valence-corrected chi connectivity index (χ1v) is 19.3. The number of imide groups is 1. The lowest BCUT2D eigenvalue weighted by Gasteiger charge is -2.43. The van der Waals surface area contributed by atoms with E-state index in [-0.39, 0.29) is 52.0 Å². The summed E-state index contributed by atoms with van der Waals surface area (Å²) >= 11 is 6.15. The number of benzene rings is 3. The Morgan fingerprint density at radius 2 is 1.74 bits per heavy atom. The molecule has 2 N–H and O–H groups in total. The molecule has 53 heavy (non-hydrogen) atoms. The lowest BCUT2D eigenvalue weighted by Crippen LogP contribution is -2.42. The molecular formula is C37H29BrF3N3O7S2. The normalized spacial score (nSPS) is 25.5. The Labute approximate surface area is 316 Å². The van der Waals surface area contributed by atoms with Crippen LogP contribution in [0.2, 0.25) is 0 Å². The number of nitrogens with zero attached hydrogens (tertiary/aromatic N) is 1. The number of nitrogens with one attached hydrogen (secondary N) is 2. The number of hydrogen-bond acceptors (Lipinski definition) is 9. The first-order valence-electron chi connectivity index (χ1n) is 16.8. The molecule has 4 aliphatic rings. The van der Waals surface area contributed by atoms with Gasteiger partial charge in [-0.15, -0.1) is 11.8 Å². The minimum atomic E-state index is -4.58. The molecule has 8 rings (SSSR count). The minimum absolute atomic E-state index is 0.0327. The van der Waals surface area contributed by atoms with Crippen LogP contribution >= 0.6 is 39.0 Å². The Morgan fingerprint density at radius 1 is 1.00 bits per heavy atom. The molecule has 1 aromatic heterocycles. The molecule has 4 aromatic rings. The number of thioether (sulfide) groups is 1. The monoisotopic (exact) mass is 827 g/mol. The summed E-state index contributed by atoms with van der Waals surface area (Å²) in [5.74, 6) is -3.54. The van der Waals surface area contributed by atoms with Crippen LogP contribution in [0, 0.1) is 29.6 Å². The summed E-state index contributed by atoms with van der Waals surface area (Å²) in [7, 11) is 0. The summed E-state index contributed by atoms with van der Waals surface area (Å²) in [6.45, 7) is 1.41. The largest absolute Gasteiger partial charge is 0.483 e. The number of halogens is 4. The molecule has 16 heteroatoms. The highest BCUT2D eigenvalue weighted by Gasteiger charge is 2.70. The number of aromatic nitrogens is 1. The van der Waals surface area contributed by atoms with Crippen molar-refractivity contribution in [1.82, 2.24) is 4.98 Å². The molecule has 3 aromatic carbocycles. The summed E-state index contributed by atoms with van der Waals surface area (Å²) in [6.07, 6.45) is -3.93. The highest BCUT2D eigenvalue weighted by Crippen LogP contribution is 2.69. The van der Waals surface area contributed by atoms with Crippen LogP contribution in [-0.2, 0) is 25.3 Å². The topological polar surface area (TPSA) is 135 Å². The zero-order valence-electron chi connectivity index (χ0n) is 27.6. The molecule has 3 heterocycles. The average molecular weight is 829 g/mol. The van der Waals surface area contributed by atoms with Crippen molar-refractivity contribution in [2.75, 3.05) is 23.4 Å². The minimum Gasteiger partial charge on any atom is -0.483 e.